The van der Waals surface area contributed by atoms with Crippen LogP contribution in [0, 0.1) is 34.5 Å². The summed E-state index contributed by atoms with van der Waals surface area (Å²) in [6, 6.07) is 0. The number of phosphoric ester groups is 1. The van der Waals surface area contributed by atoms with Crippen molar-refractivity contribution in [3.63, 3.8) is 0 Å². The molecule has 8 atom stereocenters. The molecule has 4 fully saturated rings. The molecule has 0 bridgehead atoms. The van der Waals surface area contributed by atoms with Crippen molar-refractivity contribution in [2.75, 3.05) is 0 Å². The summed E-state index contributed by atoms with van der Waals surface area (Å²) < 4.78 is 16.6. The van der Waals surface area contributed by atoms with Crippen molar-refractivity contribution in [3.05, 3.63) is 0 Å². The van der Waals surface area contributed by atoms with E-state index in [-0.39, 0.29) is 17.6 Å². The standard InChI is InChI=1S/C19H33O5P/c1-18-9-7-13(20)11-12(18)3-4-14-15-5-6-17(24-25(21,22)23)19(15,2)10-8-16(14)18/h12-17,20H,3-11H2,1-2H3,(H2,21,22,23)/t12-,13+,14-,15+,16-,17-,18-,19-/m0/s1. The quantitative estimate of drug-likeness (QED) is 0.641. The van der Waals surface area contributed by atoms with Gasteiger partial charge < -0.3 is 14.9 Å². The third kappa shape index (κ3) is 2.95. The third-order valence-corrected chi connectivity index (χ3v) is 9.34. The van der Waals surface area contributed by atoms with Crippen LogP contribution in [0.25, 0.3) is 0 Å². The molecular weight excluding hydrogens is 339 g/mol. The number of hydrogen-bond donors (Lipinski definition) is 3. The Balaban J connectivity index is 1.57. The monoisotopic (exact) mass is 372 g/mol. The van der Waals surface area contributed by atoms with Gasteiger partial charge in [-0.15, -0.1) is 0 Å². The molecule has 0 amide bonds. The van der Waals surface area contributed by atoms with Crippen molar-refractivity contribution in [1.29, 1.82) is 0 Å². The Bertz CT molecular complexity index is 576. The molecule has 144 valence electrons. The first-order valence-electron chi connectivity index (χ1n) is 10.1. The molecule has 6 heteroatoms. The van der Waals surface area contributed by atoms with Crippen molar-refractivity contribution in [3.8, 4) is 0 Å². The number of fused-ring (bicyclic) bond motifs is 5. The van der Waals surface area contributed by atoms with Gasteiger partial charge >= 0.3 is 7.82 Å². The Morgan fingerprint density at radius 2 is 1.60 bits per heavy atom. The van der Waals surface area contributed by atoms with Crippen LogP contribution in [0.4, 0.5) is 0 Å². The molecule has 4 rings (SSSR count). The second-order valence-corrected chi connectivity index (χ2v) is 11.0. The highest BCUT2D eigenvalue weighted by atomic mass is 31.2. The van der Waals surface area contributed by atoms with Gasteiger partial charge in [0, 0.05) is 0 Å². The lowest BCUT2D eigenvalue weighted by molar-refractivity contribution is -0.132. The van der Waals surface area contributed by atoms with E-state index in [4.69, 9.17) is 4.52 Å². The van der Waals surface area contributed by atoms with Crippen molar-refractivity contribution >= 4 is 7.82 Å². The summed E-state index contributed by atoms with van der Waals surface area (Å²) in [5.74, 6) is 2.52. The van der Waals surface area contributed by atoms with Gasteiger partial charge in [0.05, 0.1) is 12.2 Å². The fourth-order valence-corrected chi connectivity index (χ4v) is 8.20. The second kappa shape index (κ2) is 6.04. The first kappa shape index (κ1) is 18.4. The summed E-state index contributed by atoms with van der Waals surface area (Å²) >= 11 is 0. The summed E-state index contributed by atoms with van der Waals surface area (Å²) in [7, 11) is -4.43. The minimum Gasteiger partial charge on any atom is -0.393 e. The fraction of sp³-hybridized carbons (Fsp3) is 1.00. The van der Waals surface area contributed by atoms with Crippen LogP contribution >= 0.6 is 7.82 Å². The molecule has 0 radical (unpaired) electrons. The number of rotatable bonds is 2. The first-order valence-corrected chi connectivity index (χ1v) is 11.6. The molecule has 0 aromatic carbocycles. The van der Waals surface area contributed by atoms with Crippen LogP contribution in [-0.4, -0.2) is 27.1 Å². The van der Waals surface area contributed by atoms with Crippen LogP contribution in [0.15, 0.2) is 0 Å². The van der Waals surface area contributed by atoms with Crippen LogP contribution in [0.1, 0.15) is 71.6 Å². The van der Waals surface area contributed by atoms with Gasteiger partial charge in [0.2, 0.25) is 0 Å². The van der Waals surface area contributed by atoms with Crippen molar-refractivity contribution in [2.45, 2.75) is 83.8 Å². The van der Waals surface area contributed by atoms with Crippen LogP contribution in [-0.2, 0) is 9.09 Å². The van der Waals surface area contributed by atoms with Gasteiger partial charge in [-0.05, 0) is 92.3 Å². The van der Waals surface area contributed by atoms with E-state index in [1.54, 1.807) is 0 Å². The molecule has 0 heterocycles. The van der Waals surface area contributed by atoms with E-state index in [0.29, 0.717) is 29.1 Å². The first-order chi connectivity index (χ1) is 11.6. The molecule has 3 N–H and O–H groups in total. The van der Waals surface area contributed by atoms with Crippen LogP contribution in [0.5, 0.6) is 0 Å². The second-order valence-electron chi connectivity index (χ2n) is 9.79. The van der Waals surface area contributed by atoms with E-state index >= 15 is 0 Å². The van der Waals surface area contributed by atoms with Crippen LogP contribution in [0.3, 0.4) is 0 Å². The molecule has 5 nitrogen and oxygen atoms in total. The van der Waals surface area contributed by atoms with E-state index in [0.717, 1.165) is 44.9 Å². The van der Waals surface area contributed by atoms with E-state index in [9.17, 15) is 19.5 Å². The largest absolute Gasteiger partial charge is 0.469 e. The summed E-state index contributed by atoms with van der Waals surface area (Å²) in [5.41, 5.74) is 0.241. The van der Waals surface area contributed by atoms with Gasteiger partial charge in [0.25, 0.3) is 0 Å². The molecule has 0 spiro atoms. The molecule has 0 aromatic rings. The number of hydrogen-bond acceptors (Lipinski definition) is 3. The van der Waals surface area contributed by atoms with Gasteiger partial charge in [-0.1, -0.05) is 13.8 Å². The van der Waals surface area contributed by atoms with Gasteiger partial charge in [0.15, 0.2) is 0 Å². The number of aliphatic hydroxyl groups is 1. The molecule has 4 aliphatic rings. The van der Waals surface area contributed by atoms with E-state index in [1.807, 2.05) is 0 Å². The normalized spacial score (nSPS) is 53.0. The van der Waals surface area contributed by atoms with Gasteiger partial charge in [-0.2, -0.15) is 0 Å². The van der Waals surface area contributed by atoms with Gasteiger partial charge in [-0.3, -0.25) is 4.52 Å². The number of aliphatic hydroxyl groups excluding tert-OH is 1. The molecule has 4 aliphatic carbocycles. The molecule has 4 saturated carbocycles. The Morgan fingerprint density at radius 3 is 2.32 bits per heavy atom. The zero-order valence-corrected chi connectivity index (χ0v) is 16.3. The highest BCUT2D eigenvalue weighted by Gasteiger charge is 2.61. The predicted molar refractivity (Wildman–Crippen MR) is 94.7 cm³/mol. The highest BCUT2D eigenvalue weighted by molar-refractivity contribution is 7.46. The maximum absolute atomic E-state index is 11.4. The van der Waals surface area contributed by atoms with Crippen molar-refractivity contribution in [1.82, 2.24) is 0 Å². The molecule has 0 aromatic heterocycles. The van der Waals surface area contributed by atoms with Crippen molar-refractivity contribution < 1.29 is 24.0 Å². The minimum absolute atomic E-state index is 0.0976. The Labute approximate surface area is 150 Å². The average Bonchev–Trinajstić information content (AvgIpc) is 2.83. The zero-order chi connectivity index (χ0) is 18.0. The summed E-state index contributed by atoms with van der Waals surface area (Å²) in [6.45, 7) is 4.67. The molecule has 25 heavy (non-hydrogen) atoms. The smallest absolute Gasteiger partial charge is 0.393 e. The summed E-state index contributed by atoms with van der Waals surface area (Å²) in [6.07, 6.45) is 8.97. The number of phosphoric acid groups is 1. The Hall–Kier alpha value is 0.0700. The molecule has 0 aliphatic heterocycles. The lowest BCUT2D eigenvalue weighted by atomic mass is 9.45. The highest BCUT2D eigenvalue weighted by Crippen LogP contribution is 2.67. The van der Waals surface area contributed by atoms with Gasteiger partial charge in [0.1, 0.15) is 0 Å². The lowest BCUT2D eigenvalue weighted by Gasteiger charge is -2.60. The fourth-order valence-electron chi connectivity index (χ4n) is 7.53. The van der Waals surface area contributed by atoms with E-state index in [2.05, 4.69) is 13.8 Å². The van der Waals surface area contributed by atoms with E-state index in [1.165, 1.54) is 12.8 Å². The minimum atomic E-state index is -4.43. The zero-order valence-electron chi connectivity index (χ0n) is 15.4. The molecule has 0 saturated heterocycles. The molecular formula is C19H33O5P. The Morgan fingerprint density at radius 1 is 0.920 bits per heavy atom. The summed E-state index contributed by atoms with van der Waals surface area (Å²) in [4.78, 5) is 18.6. The van der Waals surface area contributed by atoms with E-state index < -0.39 is 7.82 Å². The predicted octanol–water partition coefficient (Wildman–Crippen LogP) is 3.87. The third-order valence-electron chi connectivity index (χ3n) is 8.82. The lowest BCUT2D eigenvalue weighted by Crippen LogP contribution is -2.54. The average molecular weight is 372 g/mol. The maximum Gasteiger partial charge on any atom is 0.469 e. The SMILES string of the molecule is C[C@]12CC[C@@H](O)C[C@@H]1CC[C@H]1[C@H]3CC[C@H](OP(=O)(O)O)[C@@]3(C)CC[C@@H]12. The Kier molecular flexibility index (Phi) is 4.45. The maximum atomic E-state index is 11.4. The van der Waals surface area contributed by atoms with Gasteiger partial charge in [-0.25, -0.2) is 4.57 Å². The summed E-state index contributed by atoms with van der Waals surface area (Å²) in [5, 5.41) is 10.1. The van der Waals surface area contributed by atoms with Crippen LogP contribution < -0.4 is 0 Å². The molecule has 0 unspecified atom stereocenters. The van der Waals surface area contributed by atoms with Crippen molar-refractivity contribution in [2.24, 2.45) is 34.5 Å². The van der Waals surface area contributed by atoms with Crippen LogP contribution in [0.2, 0.25) is 0 Å². The topological polar surface area (TPSA) is 87.0 Å².